The third-order valence-electron chi connectivity index (χ3n) is 2.31. The van der Waals surface area contributed by atoms with E-state index in [4.69, 9.17) is 9.47 Å². The molecular formula is C16H18O4. The van der Waals surface area contributed by atoms with Crippen molar-refractivity contribution in [1.82, 2.24) is 0 Å². The van der Waals surface area contributed by atoms with Gasteiger partial charge in [-0.15, -0.1) is 0 Å². The molecule has 0 heterocycles. The lowest BCUT2D eigenvalue weighted by molar-refractivity contribution is -0.138. The van der Waals surface area contributed by atoms with E-state index in [-0.39, 0.29) is 11.9 Å². The van der Waals surface area contributed by atoms with Gasteiger partial charge in [-0.2, -0.15) is 0 Å². The Bertz CT molecular complexity index is 472. The van der Waals surface area contributed by atoms with Gasteiger partial charge in [-0.25, -0.2) is 9.59 Å². The van der Waals surface area contributed by atoms with E-state index in [9.17, 15) is 9.59 Å². The molecule has 106 valence electrons. The van der Waals surface area contributed by atoms with E-state index < -0.39 is 0 Å². The van der Waals surface area contributed by atoms with E-state index in [1.54, 1.807) is 26.0 Å². The van der Waals surface area contributed by atoms with E-state index in [2.05, 4.69) is 0 Å². The Balaban J connectivity index is 2.71. The van der Waals surface area contributed by atoms with Gasteiger partial charge in [-0.3, -0.25) is 0 Å². The van der Waals surface area contributed by atoms with Gasteiger partial charge in [-0.05, 0) is 43.2 Å². The Hall–Kier alpha value is -2.36. The summed E-state index contributed by atoms with van der Waals surface area (Å²) in [6.45, 7) is 4.22. The van der Waals surface area contributed by atoms with Crippen LogP contribution in [0.25, 0.3) is 12.2 Å². The lowest BCUT2D eigenvalue weighted by Crippen LogP contribution is -1.98. The van der Waals surface area contributed by atoms with Crippen molar-refractivity contribution >= 4 is 24.1 Å². The Kier molecular flexibility index (Phi) is 6.82. The van der Waals surface area contributed by atoms with Crippen LogP contribution in [0.1, 0.15) is 25.0 Å². The average molecular weight is 274 g/mol. The highest BCUT2D eigenvalue weighted by Crippen LogP contribution is 2.09. The van der Waals surface area contributed by atoms with Crippen LogP contribution in [0, 0.1) is 0 Å². The van der Waals surface area contributed by atoms with E-state index in [1.807, 2.05) is 24.3 Å². The quantitative estimate of drug-likeness (QED) is 0.591. The minimum Gasteiger partial charge on any atom is -0.463 e. The third kappa shape index (κ3) is 6.00. The first-order valence-electron chi connectivity index (χ1n) is 6.45. The van der Waals surface area contributed by atoms with Gasteiger partial charge in [0.25, 0.3) is 0 Å². The first-order chi connectivity index (χ1) is 9.65. The van der Waals surface area contributed by atoms with E-state index in [0.717, 1.165) is 11.1 Å². The fourth-order valence-electron chi connectivity index (χ4n) is 1.48. The summed E-state index contributed by atoms with van der Waals surface area (Å²) in [5.74, 6) is -0.750. The molecule has 4 nitrogen and oxygen atoms in total. The van der Waals surface area contributed by atoms with E-state index in [1.165, 1.54) is 12.2 Å². The predicted molar refractivity (Wildman–Crippen MR) is 77.8 cm³/mol. The van der Waals surface area contributed by atoms with Crippen molar-refractivity contribution < 1.29 is 19.1 Å². The lowest BCUT2D eigenvalue weighted by Gasteiger charge is -1.98. The average Bonchev–Trinajstić information content (AvgIpc) is 2.44. The van der Waals surface area contributed by atoms with Crippen LogP contribution < -0.4 is 0 Å². The second-order valence-electron chi connectivity index (χ2n) is 3.84. The van der Waals surface area contributed by atoms with Gasteiger partial charge in [0.05, 0.1) is 13.2 Å². The van der Waals surface area contributed by atoms with Crippen LogP contribution >= 0.6 is 0 Å². The standard InChI is InChI=1S/C16H18O4/c1-3-19-15(17)10-8-13-6-5-7-14(12-13)9-11-16(18)20-4-2/h5-12H,3-4H2,1-2H3/b10-8+,11-9+. The lowest BCUT2D eigenvalue weighted by atomic mass is 10.1. The van der Waals surface area contributed by atoms with Crippen LogP contribution in [0.4, 0.5) is 0 Å². The highest BCUT2D eigenvalue weighted by molar-refractivity contribution is 5.88. The zero-order valence-electron chi connectivity index (χ0n) is 11.7. The van der Waals surface area contributed by atoms with Crippen molar-refractivity contribution in [2.45, 2.75) is 13.8 Å². The molecule has 0 saturated heterocycles. The maximum absolute atomic E-state index is 11.2. The van der Waals surface area contributed by atoms with Gasteiger partial charge in [0.1, 0.15) is 0 Å². The maximum Gasteiger partial charge on any atom is 0.330 e. The number of carbonyl (C=O) groups is 2. The number of carbonyl (C=O) groups excluding carboxylic acids is 2. The summed E-state index contributed by atoms with van der Waals surface area (Å²) in [7, 11) is 0. The van der Waals surface area contributed by atoms with Crippen molar-refractivity contribution in [3.63, 3.8) is 0 Å². The Morgan fingerprint density at radius 3 is 1.80 bits per heavy atom. The van der Waals surface area contributed by atoms with Crippen molar-refractivity contribution in [2.24, 2.45) is 0 Å². The van der Waals surface area contributed by atoms with Gasteiger partial charge in [0.15, 0.2) is 0 Å². The Morgan fingerprint density at radius 1 is 0.950 bits per heavy atom. The molecule has 0 radical (unpaired) electrons. The van der Waals surface area contributed by atoms with Gasteiger partial charge >= 0.3 is 11.9 Å². The smallest absolute Gasteiger partial charge is 0.330 e. The maximum atomic E-state index is 11.2. The van der Waals surface area contributed by atoms with Crippen molar-refractivity contribution in [1.29, 1.82) is 0 Å². The molecule has 1 rings (SSSR count). The summed E-state index contributed by atoms with van der Waals surface area (Å²) in [5, 5.41) is 0. The molecule has 0 aliphatic carbocycles. The van der Waals surface area contributed by atoms with Crippen LogP contribution in [-0.2, 0) is 19.1 Å². The zero-order chi connectivity index (χ0) is 14.8. The van der Waals surface area contributed by atoms with Crippen LogP contribution in [0.2, 0.25) is 0 Å². The highest BCUT2D eigenvalue weighted by Gasteiger charge is 1.96. The molecule has 0 bridgehead atoms. The predicted octanol–water partition coefficient (Wildman–Crippen LogP) is 2.84. The molecule has 0 aliphatic heterocycles. The highest BCUT2D eigenvalue weighted by atomic mass is 16.5. The first-order valence-corrected chi connectivity index (χ1v) is 6.45. The number of hydrogen-bond donors (Lipinski definition) is 0. The molecule has 0 fully saturated rings. The molecule has 1 aromatic rings. The number of rotatable bonds is 6. The molecule has 4 heteroatoms. The minimum atomic E-state index is -0.375. The van der Waals surface area contributed by atoms with Gasteiger partial charge < -0.3 is 9.47 Å². The largest absolute Gasteiger partial charge is 0.463 e. The molecule has 1 aromatic carbocycles. The van der Waals surface area contributed by atoms with Crippen LogP contribution in [0.5, 0.6) is 0 Å². The number of esters is 2. The van der Waals surface area contributed by atoms with Crippen molar-refractivity contribution in [3.8, 4) is 0 Å². The number of hydrogen-bond acceptors (Lipinski definition) is 4. The SMILES string of the molecule is CCOC(=O)/C=C/c1cccc(/C=C/C(=O)OCC)c1. The zero-order valence-corrected chi connectivity index (χ0v) is 11.7. The third-order valence-corrected chi connectivity index (χ3v) is 2.31. The van der Waals surface area contributed by atoms with Gasteiger partial charge in [0.2, 0.25) is 0 Å². The number of benzene rings is 1. The molecule has 0 aliphatic rings. The van der Waals surface area contributed by atoms with Crippen LogP contribution in [0.15, 0.2) is 36.4 Å². The minimum absolute atomic E-state index is 0.353. The summed E-state index contributed by atoms with van der Waals surface area (Å²) in [4.78, 5) is 22.4. The molecular weight excluding hydrogens is 256 g/mol. The summed E-state index contributed by atoms with van der Waals surface area (Å²) in [5.41, 5.74) is 1.70. The van der Waals surface area contributed by atoms with Gasteiger partial charge in [0, 0.05) is 12.2 Å². The molecule has 0 spiro atoms. The fraction of sp³-hybridized carbons (Fsp3) is 0.250. The summed E-state index contributed by atoms with van der Waals surface area (Å²) in [6.07, 6.45) is 6.08. The first kappa shape index (κ1) is 15.7. The molecule has 0 N–H and O–H groups in total. The van der Waals surface area contributed by atoms with Crippen LogP contribution in [-0.4, -0.2) is 25.2 Å². The summed E-state index contributed by atoms with van der Waals surface area (Å²) >= 11 is 0. The Morgan fingerprint density at radius 2 is 1.40 bits per heavy atom. The molecule has 0 atom stereocenters. The fourth-order valence-corrected chi connectivity index (χ4v) is 1.48. The van der Waals surface area contributed by atoms with E-state index in [0.29, 0.717) is 13.2 Å². The van der Waals surface area contributed by atoms with Gasteiger partial charge in [-0.1, -0.05) is 18.2 Å². The number of ether oxygens (including phenoxy) is 2. The summed E-state index contributed by atoms with van der Waals surface area (Å²) in [6, 6.07) is 7.41. The molecule has 0 saturated carbocycles. The van der Waals surface area contributed by atoms with Crippen molar-refractivity contribution in [2.75, 3.05) is 13.2 Å². The molecule has 0 amide bonds. The molecule has 20 heavy (non-hydrogen) atoms. The van der Waals surface area contributed by atoms with E-state index >= 15 is 0 Å². The summed E-state index contributed by atoms with van der Waals surface area (Å²) < 4.78 is 9.60. The second kappa shape index (κ2) is 8.69. The normalized spacial score (nSPS) is 10.9. The Labute approximate surface area is 118 Å². The monoisotopic (exact) mass is 274 g/mol. The van der Waals surface area contributed by atoms with Crippen LogP contribution in [0.3, 0.4) is 0 Å². The molecule has 0 aromatic heterocycles. The van der Waals surface area contributed by atoms with Crippen molar-refractivity contribution in [3.05, 3.63) is 47.5 Å². The topological polar surface area (TPSA) is 52.6 Å². The molecule has 0 unspecified atom stereocenters. The second-order valence-corrected chi connectivity index (χ2v) is 3.84.